The zero-order chi connectivity index (χ0) is 13.5. The Morgan fingerprint density at radius 1 is 1.30 bits per heavy atom. The highest BCUT2D eigenvalue weighted by Crippen LogP contribution is 2.17. The van der Waals surface area contributed by atoms with Crippen LogP contribution in [0.15, 0.2) is 30.7 Å². The number of amides is 1. The molecule has 0 bridgehead atoms. The first-order valence-electron chi connectivity index (χ1n) is 6.40. The van der Waals surface area contributed by atoms with Crippen LogP contribution in [0.25, 0.3) is 10.9 Å². The van der Waals surface area contributed by atoms with Crippen molar-refractivity contribution < 1.29 is 4.79 Å². The first-order valence-corrected chi connectivity index (χ1v) is 6.40. The molecule has 3 heterocycles. The fourth-order valence-corrected chi connectivity index (χ4v) is 2.49. The number of aromatic amines is 1. The van der Waals surface area contributed by atoms with Gasteiger partial charge in [0.05, 0.1) is 18.3 Å². The van der Waals surface area contributed by atoms with Crippen molar-refractivity contribution in [1.29, 1.82) is 0 Å². The number of aromatic nitrogens is 5. The fourth-order valence-electron chi connectivity index (χ4n) is 2.49. The number of benzene rings is 1. The number of carbonyl (C=O) groups is 1. The fraction of sp³-hybridized carbons (Fsp3) is 0.231. The standard InChI is InChI=1S/C13H12N6O/c20-13(9-1-2-10-6-14-16-11(10)5-9)18-3-4-19-8-15-17-12(19)7-18/h1-2,5-6,8H,3-4,7H2,(H,14,16). The minimum Gasteiger partial charge on any atom is -0.329 e. The van der Waals surface area contributed by atoms with Crippen LogP contribution in [0.1, 0.15) is 16.2 Å². The topological polar surface area (TPSA) is 79.7 Å². The van der Waals surface area contributed by atoms with E-state index in [-0.39, 0.29) is 5.91 Å². The van der Waals surface area contributed by atoms with Gasteiger partial charge in [-0.3, -0.25) is 9.89 Å². The van der Waals surface area contributed by atoms with Gasteiger partial charge in [0.2, 0.25) is 0 Å². The van der Waals surface area contributed by atoms with E-state index in [1.165, 1.54) is 0 Å². The summed E-state index contributed by atoms with van der Waals surface area (Å²) < 4.78 is 1.97. The van der Waals surface area contributed by atoms with E-state index in [1.54, 1.807) is 17.4 Å². The number of nitrogens with zero attached hydrogens (tertiary/aromatic N) is 5. The summed E-state index contributed by atoms with van der Waals surface area (Å²) in [7, 11) is 0. The Kier molecular flexibility index (Phi) is 2.32. The first kappa shape index (κ1) is 11.2. The van der Waals surface area contributed by atoms with Gasteiger partial charge in [0.1, 0.15) is 6.33 Å². The van der Waals surface area contributed by atoms with Crippen molar-refractivity contribution in [2.45, 2.75) is 13.1 Å². The molecule has 1 aliphatic rings. The predicted octanol–water partition coefficient (Wildman–Crippen LogP) is 0.810. The summed E-state index contributed by atoms with van der Waals surface area (Å²) >= 11 is 0. The average molecular weight is 268 g/mol. The molecule has 20 heavy (non-hydrogen) atoms. The minimum absolute atomic E-state index is 0.00995. The lowest BCUT2D eigenvalue weighted by Crippen LogP contribution is -2.38. The molecule has 7 heteroatoms. The van der Waals surface area contributed by atoms with Gasteiger partial charge in [-0.05, 0) is 12.1 Å². The van der Waals surface area contributed by atoms with E-state index >= 15 is 0 Å². The van der Waals surface area contributed by atoms with Crippen LogP contribution in [0.4, 0.5) is 0 Å². The smallest absolute Gasteiger partial charge is 0.254 e. The van der Waals surface area contributed by atoms with E-state index in [4.69, 9.17) is 0 Å². The minimum atomic E-state index is 0.00995. The van der Waals surface area contributed by atoms with Gasteiger partial charge in [-0.15, -0.1) is 10.2 Å². The molecule has 0 unspecified atom stereocenters. The van der Waals surface area contributed by atoms with Crippen molar-refractivity contribution in [3.05, 3.63) is 42.1 Å². The Balaban J connectivity index is 1.64. The normalized spacial score (nSPS) is 14.5. The largest absolute Gasteiger partial charge is 0.329 e. The Bertz CT molecular complexity index is 789. The van der Waals surface area contributed by atoms with Crippen molar-refractivity contribution in [2.75, 3.05) is 6.54 Å². The van der Waals surface area contributed by atoms with E-state index < -0.39 is 0 Å². The lowest BCUT2D eigenvalue weighted by Gasteiger charge is -2.27. The van der Waals surface area contributed by atoms with Crippen LogP contribution in [0.2, 0.25) is 0 Å². The third kappa shape index (κ3) is 1.67. The van der Waals surface area contributed by atoms with E-state index in [9.17, 15) is 4.79 Å². The van der Waals surface area contributed by atoms with Crippen LogP contribution >= 0.6 is 0 Å². The van der Waals surface area contributed by atoms with E-state index in [1.807, 2.05) is 22.8 Å². The molecule has 0 spiro atoms. The zero-order valence-corrected chi connectivity index (χ0v) is 10.7. The summed E-state index contributed by atoms with van der Waals surface area (Å²) in [6.45, 7) is 1.91. The molecule has 4 rings (SSSR count). The highest BCUT2D eigenvalue weighted by atomic mass is 16.2. The molecule has 0 saturated carbocycles. The number of hydrogen-bond donors (Lipinski definition) is 1. The molecule has 7 nitrogen and oxygen atoms in total. The van der Waals surface area contributed by atoms with Crippen molar-refractivity contribution in [2.24, 2.45) is 0 Å². The van der Waals surface area contributed by atoms with Crippen molar-refractivity contribution in [3.63, 3.8) is 0 Å². The second-order valence-electron chi connectivity index (χ2n) is 4.84. The third-order valence-corrected chi connectivity index (χ3v) is 3.61. The van der Waals surface area contributed by atoms with Crippen LogP contribution in [0, 0.1) is 0 Å². The number of carbonyl (C=O) groups excluding carboxylic acids is 1. The van der Waals surface area contributed by atoms with Gasteiger partial charge in [-0.1, -0.05) is 6.07 Å². The second-order valence-corrected chi connectivity index (χ2v) is 4.84. The van der Waals surface area contributed by atoms with Crippen LogP contribution in [-0.4, -0.2) is 42.3 Å². The Morgan fingerprint density at radius 3 is 3.20 bits per heavy atom. The quantitative estimate of drug-likeness (QED) is 0.708. The molecule has 3 aromatic rings. The summed E-state index contributed by atoms with van der Waals surface area (Å²) in [5.41, 5.74) is 1.53. The van der Waals surface area contributed by atoms with E-state index in [0.29, 0.717) is 18.7 Å². The molecule has 1 amide bonds. The number of fused-ring (bicyclic) bond motifs is 2. The SMILES string of the molecule is O=C(c1ccc2cn[nH]c2c1)N1CCn2cnnc2C1. The zero-order valence-electron chi connectivity index (χ0n) is 10.7. The van der Waals surface area contributed by atoms with Crippen molar-refractivity contribution in [3.8, 4) is 0 Å². The molecule has 0 fully saturated rings. The van der Waals surface area contributed by atoms with E-state index in [2.05, 4.69) is 20.4 Å². The van der Waals surface area contributed by atoms with Crippen LogP contribution < -0.4 is 0 Å². The van der Waals surface area contributed by atoms with Crippen LogP contribution in [0.5, 0.6) is 0 Å². The monoisotopic (exact) mass is 268 g/mol. The van der Waals surface area contributed by atoms with Crippen LogP contribution in [-0.2, 0) is 13.1 Å². The molecule has 0 saturated heterocycles. The van der Waals surface area contributed by atoms with Crippen molar-refractivity contribution in [1.82, 2.24) is 29.9 Å². The van der Waals surface area contributed by atoms with Gasteiger partial charge in [-0.2, -0.15) is 5.10 Å². The Morgan fingerprint density at radius 2 is 2.25 bits per heavy atom. The van der Waals surface area contributed by atoms with Gasteiger partial charge in [-0.25, -0.2) is 0 Å². The Hall–Kier alpha value is -2.70. The average Bonchev–Trinajstić information content (AvgIpc) is 3.13. The third-order valence-electron chi connectivity index (χ3n) is 3.61. The van der Waals surface area contributed by atoms with Gasteiger partial charge in [0, 0.05) is 24.0 Å². The maximum atomic E-state index is 12.5. The van der Waals surface area contributed by atoms with Gasteiger partial charge < -0.3 is 9.47 Å². The molecule has 0 atom stereocenters. The molecule has 0 radical (unpaired) electrons. The molecule has 1 N–H and O–H groups in total. The summed E-state index contributed by atoms with van der Waals surface area (Å²) in [5, 5.41) is 15.7. The van der Waals surface area contributed by atoms with Crippen molar-refractivity contribution >= 4 is 16.8 Å². The summed E-state index contributed by atoms with van der Waals surface area (Å²) in [5.74, 6) is 0.836. The first-order chi connectivity index (χ1) is 9.81. The number of nitrogens with one attached hydrogen (secondary N) is 1. The lowest BCUT2D eigenvalue weighted by atomic mass is 10.1. The highest BCUT2D eigenvalue weighted by molar-refractivity contribution is 5.97. The van der Waals surface area contributed by atoms with Gasteiger partial charge in [0.15, 0.2) is 5.82 Å². The molecule has 1 aromatic carbocycles. The number of hydrogen-bond acceptors (Lipinski definition) is 4. The maximum Gasteiger partial charge on any atom is 0.254 e. The molecule has 1 aliphatic heterocycles. The summed E-state index contributed by atoms with van der Waals surface area (Å²) in [4.78, 5) is 14.3. The lowest BCUT2D eigenvalue weighted by molar-refractivity contribution is 0.0707. The van der Waals surface area contributed by atoms with E-state index in [0.717, 1.165) is 23.3 Å². The molecule has 100 valence electrons. The predicted molar refractivity (Wildman–Crippen MR) is 70.9 cm³/mol. The maximum absolute atomic E-state index is 12.5. The summed E-state index contributed by atoms with van der Waals surface area (Å²) in [6.07, 6.45) is 3.45. The highest BCUT2D eigenvalue weighted by Gasteiger charge is 2.23. The van der Waals surface area contributed by atoms with Gasteiger partial charge in [0.25, 0.3) is 5.91 Å². The number of rotatable bonds is 1. The Labute approximate surface area is 114 Å². The number of H-pyrrole nitrogens is 1. The van der Waals surface area contributed by atoms with Gasteiger partial charge >= 0.3 is 0 Å². The van der Waals surface area contributed by atoms with Crippen LogP contribution in [0.3, 0.4) is 0 Å². The second kappa shape index (κ2) is 4.16. The molecule has 0 aliphatic carbocycles. The molecular weight excluding hydrogens is 256 g/mol. The summed E-state index contributed by atoms with van der Waals surface area (Å²) in [6, 6.07) is 5.57. The molecular formula is C13H12N6O. The molecule has 2 aromatic heterocycles.